The molecule has 2 amide bonds. The number of hydrogen-bond acceptors (Lipinski definition) is 7. The number of fused-ring (bicyclic) bond motifs is 8. The Morgan fingerprint density at radius 3 is 2.68 bits per heavy atom. The van der Waals surface area contributed by atoms with Gasteiger partial charge in [-0.25, -0.2) is 4.98 Å². The van der Waals surface area contributed by atoms with Crippen LogP contribution < -0.4 is 10.1 Å². The molecule has 5 heterocycles. The van der Waals surface area contributed by atoms with Gasteiger partial charge in [-0.05, 0) is 50.8 Å². The summed E-state index contributed by atoms with van der Waals surface area (Å²) in [6.07, 6.45) is 5.50. The van der Waals surface area contributed by atoms with E-state index in [9.17, 15) is 9.59 Å². The van der Waals surface area contributed by atoms with Crippen molar-refractivity contribution in [3.63, 3.8) is 0 Å². The Hall–Kier alpha value is -3.27. The van der Waals surface area contributed by atoms with Crippen LogP contribution in [0.5, 0.6) is 5.75 Å². The zero-order chi connectivity index (χ0) is 25.8. The van der Waals surface area contributed by atoms with E-state index in [2.05, 4.69) is 20.6 Å². The summed E-state index contributed by atoms with van der Waals surface area (Å²) in [5, 5.41) is 12.8. The quantitative estimate of drug-likeness (QED) is 0.555. The third-order valence-electron chi connectivity index (χ3n) is 7.40. The zero-order valence-electron chi connectivity index (χ0n) is 21.5. The second kappa shape index (κ2) is 11.0. The molecule has 1 spiro atoms. The molecule has 0 atom stereocenters. The van der Waals surface area contributed by atoms with Crippen LogP contribution in [0.25, 0.3) is 0 Å². The van der Waals surface area contributed by atoms with E-state index < -0.39 is 5.41 Å². The van der Waals surface area contributed by atoms with Crippen molar-refractivity contribution in [1.82, 2.24) is 30.2 Å². The Labute approximate surface area is 221 Å². The number of carbonyl (C=O) groups excluding carboxylic acids is 2. The molecule has 1 aromatic carbocycles. The van der Waals surface area contributed by atoms with Gasteiger partial charge in [-0.1, -0.05) is 17.3 Å². The Balaban J connectivity index is 1.30. The number of rotatable bonds is 2. The molecule has 0 radical (unpaired) electrons. The van der Waals surface area contributed by atoms with Gasteiger partial charge in [0, 0.05) is 50.1 Å². The van der Waals surface area contributed by atoms with Crippen LogP contribution >= 0.6 is 11.3 Å². The first-order chi connectivity index (χ1) is 17.9. The highest BCUT2D eigenvalue weighted by Gasteiger charge is 2.43. The van der Waals surface area contributed by atoms with Crippen molar-refractivity contribution in [3.05, 3.63) is 57.3 Å². The van der Waals surface area contributed by atoms with E-state index in [-0.39, 0.29) is 11.8 Å². The van der Waals surface area contributed by atoms with Gasteiger partial charge in [0.2, 0.25) is 11.8 Å². The second-order valence-electron chi connectivity index (χ2n) is 10.1. The summed E-state index contributed by atoms with van der Waals surface area (Å²) in [6, 6.07) is 8.06. The van der Waals surface area contributed by atoms with Gasteiger partial charge in [0.25, 0.3) is 0 Å². The summed E-state index contributed by atoms with van der Waals surface area (Å²) in [6.45, 7) is 6.91. The van der Waals surface area contributed by atoms with Crippen LogP contribution in [0.15, 0.2) is 30.5 Å². The number of likely N-dealkylation sites (tertiary alicyclic amines) is 1. The minimum atomic E-state index is -0.619. The third kappa shape index (κ3) is 6.01. The molecule has 196 valence electrons. The maximum atomic E-state index is 13.6. The number of aryl methyl sites for hydroxylation is 3. The number of nitrogens with one attached hydrogen (secondary N) is 1. The molecule has 0 saturated carbocycles. The van der Waals surface area contributed by atoms with Crippen molar-refractivity contribution in [3.8, 4) is 5.75 Å². The minimum Gasteiger partial charge on any atom is -0.494 e. The van der Waals surface area contributed by atoms with Gasteiger partial charge < -0.3 is 15.0 Å². The number of hydrogen-bond donors (Lipinski definition) is 1. The Morgan fingerprint density at radius 1 is 1.16 bits per heavy atom. The van der Waals surface area contributed by atoms with Gasteiger partial charge in [0.1, 0.15) is 5.75 Å². The first kappa shape index (κ1) is 25.4. The largest absolute Gasteiger partial charge is 0.494 e. The highest BCUT2D eigenvalue weighted by atomic mass is 32.1. The van der Waals surface area contributed by atoms with E-state index in [0.29, 0.717) is 58.5 Å². The average Bonchev–Trinajstić information content (AvgIpc) is 3.46. The van der Waals surface area contributed by atoms with Crippen LogP contribution in [-0.4, -0.2) is 62.9 Å². The molecule has 3 aliphatic rings. The van der Waals surface area contributed by atoms with Gasteiger partial charge >= 0.3 is 0 Å². The molecule has 2 aromatic heterocycles. The second-order valence-corrected chi connectivity index (χ2v) is 11.5. The van der Waals surface area contributed by atoms with E-state index in [1.54, 1.807) is 11.3 Å². The summed E-state index contributed by atoms with van der Waals surface area (Å²) < 4.78 is 7.67. The normalized spacial score (nSPS) is 18.3. The van der Waals surface area contributed by atoms with Crippen molar-refractivity contribution in [1.29, 1.82) is 0 Å². The fraction of sp³-hybridized carbons (Fsp3) is 0.519. The van der Waals surface area contributed by atoms with E-state index in [0.717, 1.165) is 45.4 Å². The number of benzene rings is 1. The lowest BCUT2D eigenvalue weighted by Crippen LogP contribution is -2.51. The summed E-state index contributed by atoms with van der Waals surface area (Å²) in [4.78, 5) is 34.2. The van der Waals surface area contributed by atoms with Crippen LogP contribution in [0, 0.1) is 19.3 Å². The Bertz CT molecular complexity index is 1240. The SMILES string of the molecule is Cc1nc(CC(=O)N2CCC3(CC2)Cc2cn(nn2)CCCOc2ccc(cc2)CCNC3=O)c(C)s1. The van der Waals surface area contributed by atoms with Crippen molar-refractivity contribution in [2.45, 2.75) is 58.9 Å². The first-order valence-corrected chi connectivity index (χ1v) is 13.8. The number of carbonyl (C=O) groups is 2. The number of ether oxygens (including phenoxy) is 1. The summed E-state index contributed by atoms with van der Waals surface area (Å²) in [5.41, 5.74) is 2.20. The number of piperidine rings is 1. The van der Waals surface area contributed by atoms with Crippen molar-refractivity contribution < 1.29 is 14.3 Å². The van der Waals surface area contributed by atoms with Crippen molar-refractivity contribution in [2.24, 2.45) is 5.41 Å². The van der Waals surface area contributed by atoms with Gasteiger partial charge in [-0.3, -0.25) is 14.3 Å². The maximum Gasteiger partial charge on any atom is 0.228 e. The van der Waals surface area contributed by atoms with Crippen LogP contribution in [0.3, 0.4) is 0 Å². The molecular weight excluding hydrogens is 488 g/mol. The molecule has 4 bridgehead atoms. The van der Waals surface area contributed by atoms with Crippen molar-refractivity contribution >= 4 is 23.2 Å². The zero-order valence-corrected chi connectivity index (χ0v) is 22.4. The summed E-state index contributed by atoms with van der Waals surface area (Å²) in [7, 11) is 0. The number of aromatic nitrogens is 4. The van der Waals surface area contributed by atoms with Gasteiger partial charge in [0.05, 0.1) is 34.8 Å². The molecule has 3 aromatic rings. The standard InChI is InChI=1S/C27H34N6O3S/c1-19-24(29-20(2)37-19)16-25(34)32-13-9-27(10-14-32)17-22-18-33(31-30-22)12-3-15-36-23-6-4-21(5-7-23)8-11-28-26(27)35/h4-7,18H,3,8-17H2,1-2H3,(H,28,35). The van der Waals surface area contributed by atoms with Gasteiger partial charge in [0.15, 0.2) is 0 Å². The molecule has 9 nitrogen and oxygen atoms in total. The predicted octanol–water partition coefficient (Wildman–Crippen LogP) is 2.89. The average molecular weight is 523 g/mol. The fourth-order valence-corrected chi connectivity index (χ4v) is 6.05. The number of nitrogens with zero attached hydrogens (tertiary/aromatic N) is 5. The van der Waals surface area contributed by atoms with Gasteiger partial charge in [-0.2, -0.15) is 0 Å². The van der Waals surface area contributed by atoms with Crippen LogP contribution in [0.1, 0.15) is 46.1 Å². The molecule has 1 saturated heterocycles. The number of amides is 2. The fourth-order valence-electron chi connectivity index (χ4n) is 5.21. The highest BCUT2D eigenvalue weighted by Crippen LogP contribution is 2.35. The molecule has 0 aliphatic carbocycles. The topological polar surface area (TPSA) is 102 Å². The van der Waals surface area contributed by atoms with E-state index in [4.69, 9.17) is 4.74 Å². The van der Waals surface area contributed by atoms with Crippen LogP contribution in [0.4, 0.5) is 0 Å². The minimum absolute atomic E-state index is 0.0318. The maximum absolute atomic E-state index is 13.6. The molecule has 10 heteroatoms. The van der Waals surface area contributed by atoms with Crippen molar-refractivity contribution in [2.75, 3.05) is 26.2 Å². The third-order valence-corrected chi connectivity index (χ3v) is 8.33. The predicted molar refractivity (Wildman–Crippen MR) is 141 cm³/mol. The molecule has 1 fully saturated rings. The number of thiazole rings is 1. The van der Waals surface area contributed by atoms with E-state index >= 15 is 0 Å². The summed E-state index contributed by atoms with van der Waals surface area (Å²) in [5.74, 6) is 0.950. The lowest BCUT2D eigenvalue weighted by molar-refractivity contribution is -0.140. The molecule has 3 aliphatic heterocycles. The monoisotopic (exact) mass is 522 g/mol. The molecule has 1 N–H and O–H groups in total. The van der Waals surface area contributed by atoms with Crippen LogP contribution in [-0.2, 0) is 35.4 Å². The molecule has 6 rings (SSSR count). The van der Waals surface area contributed by atoms with Crippen LogP contribution in [0.2, 0.25) is 0 Å². The summed E-state index contributed by atoms with van der Waals surface area (Å²) >= 11 is 1.62. The lowest BCUT2D eigenvalue weighted by atomic mass is 9.74. The van der Waals surface area contributed by atoms with E-state index in [1.807, 2.05) is 53.9 Å². The molecular formula is C27H34N6O3S. The van der Waals surface area contributed by atoms with E-state index in [1.165, 1.54) is 0 Å². The Kier molecular flexibility index (Phi) is 7.55. The Morgan fingerprint density at radius 2 is 1.95 bits per heavy atom. The lowest BCUT2D eigenvalue weighted by Gasteiger charge is -2.40. The molecule has 0 unspecified atom stereocenters. The highest BCUT2D eigenvalue weighted by molar-refractivity contribution is 7.11. The van der Waals surface area contributed by atoms with Gasteiger partial charge in [-0.15, -0.1) is 16.4 Å². The smallest absolute Gasteiger partial charge is 0.228 e. The molecule has 37 heavy (non-hydrogen) atoms. The first-order valence-electron chi connectivity index (χ1n) is 13.0.